The molecule has 1 aliphatic rings. The molecule has 5 heteroatoms. The first-order valence-electron chi connectivity index (χ1n) is 6.00. The molecule has 1 nitrogen and oxygen atoms in total. The summed E-state index contributed by atoms with van der Waals surface area (Å²) < 4.78 is 40.3. The number of aromatic nitrogens is 1. The van der Waals surface area contributed by atoms with Gasteiger partial charge in [0.15, 0.2) is 0 Å². The Morgan fingerprint density at radius 3 is 2.21 bits per heavy atom. The zero-order valence-electron chi connectivity index (χ0n) is 9.91. The zero-order valence-corrected chi connectivity index (χ0v) is 10.7. The number of alkyl halides is 3. The van der Waals surface area contributed by atoms with Crippen molar-refractivity contribution in [2.24, 2.45) is 0 Å². The predicted molar refractivity (Wildman–Crippen MR) is 68.2 cm³/mol. The van der Waals surface area contributed by atoms with Gasteiger partial charge in [-0.2, -0.15) is 13.2 Å². The number of nitrogens with zero attached hydrogens (tertiary/aromatic N) is 1. The highest BCUT2D eigenvalue weighted by Gasteiger charge is 2.38. The van der Waals surface area contributed by atoms with Crippen molar-refractivity contribution in [3.63, 3.8) is 0 Å². The van der Waals surface area contributed by atoms with Crippen LogP contribution in [0, 0.1) is 0 Å². The average molecular weight is 286 g/mol. The molecular formula is C14H11ClF3N. The topological polar surface area (TPSA) is 4.93 Å². The monoisotopic (exact) mass is 285 g/mol. The lowest BCUT2D eigenvalue weighted by molar-refractivity contribution is -0.143. The van der Waals surface area contributed by atoms with Crippen LogP contribution in [0.2, 0.25) is 5.02 Å². The van der Waals surface area contributed by atoms with E-state index in [-0.39, 0.29) is 6.04 Å². The van der Waals surface area contributed by atoms with Crippen LogP contribution >= 0.6 is 11.6 Å². The molecule has 100 valence electrons. The highest BCUT2D eigenvalue weighted by atomic mass is 35.5. The van der Waals surface area contributed by atoms with Crippen molar-refractivity contribution in [3.05, 3.63) is 47.2 Å². The van der Waals surface area contributed by atoms with E-state index in [1.807, 2.05) is 0 Å². The fourth-order valence-electron chi connectivity index (χ4n) is 2.16. The Kier molecular flexibility index (Phi) is 2.86. The predicted octanol–water partition coefficient (Wildman–Crippen LogP) is 5.16. The van der Waals surface area contributed by atoms with Crippen LogP contribution in [0.3, 0.4) is 0 Å². The Morgan fingerprint density at radius 1 is 1.05 bits per heavy atom. The van der Waals surface area contributed by atoms with Crippen molar-refractivity contribution in [2.45, 2.75) is 25.1 Å². The summed E-state index contributed by atoms with van der Waals surface area (Å²) in [7, 11) is 0. The Labute approximate surface area is 113 Å². The quantitative estimate of drug-likeness (QED) is 0.718. The van der Waals surface area contributed by atoms with Crippen LogP contribution in [-0.4, -0.2) is 4.57 Å². The maximum atomic E-state index is 13.0. The van der Waals surface area contributed by atoms with Gasteiger partial charge < -0.3 is 4.57 Å². The Balaban J connectivity index is 2.05. The lowest BCUT2D eigenvalue weighted by Crippen LogP contribution is -2.11. The van der Waals surface area contributed by atoms with Crippen LogP contribution < -0.4 is 0 Å². The minimum atomic E-state index is -4.31. The summed E-state index contributed by atoms with van der Waals surface area (Å²) in [6.07, 6.45) is -1.09. The second kappa shape index (κ2) is 4.30. The molecule has 0 spiro atoms. The van der Waals surface area contributed by atoms with E-state index >= 15 is 0 Å². The lowest BCUT2D eigenvalue weighted by Gasteiger charge is -2.10. The van der Waals surface area contributed by atoms with Crippen LogP contribution in [0.25, 0.3) is 11.1 Å². The van der Waals surface area contributed by atoms with Crippen molar-refractivity contribution >= 4 is 11.6 Å². The van der Waals surface area contributed by atoms with Gasteiger partial charge in [0, 0.05) is 17.3 Å². The molecule has 0 saturated heterocycles. The van der Waals surface area contributed by atoms with Gasteiger partial charge in [-0.05, 0) is 42.2 Å². The molecule has 0 bridgehead atoms. The molecular weight excluding hydrogens is 275 g/mol. The Bertz CT molecular complexity index is 594. The maximum absolute atomic E-state index is 13.0. The van der Waals surface area contributed by atoms with Crippen molar-refractivity contribution < 1.29 is 13.2 Å². The normalized spacial score (nSPS) is 15.8. The summed E-state index contributed by atoms with van der Waals surface area (Å²) in [6.45, 7) is 0. The maximum Gasteiger partial charge on any atom is 0.431 e. The fraction of sp³-hybridized carbons (Fsp3) is 0.286. The summed E-state index contributed by atoms with van der Waals surface area (Å²) >= 11 is 5.78. The van der Waals surface area contributed by atoms with Gasteiger partial charge >= 0.3 is 6.18 Å². The Morgan fingerprint density at radius 2 is 1.68 bits per heavy atom. The van der Waals surface area contributed by atoms with Crippen molar-refractivity contribution in [2.75, 3.05) is 0 Å². The molecule has 1 aromatic heterocycles. The summed E-state index contributed by atoms with van der Waals surface area (Å²) in [5, 5.41) is 0.571. The molecule has 3 rings (SSSR count). The lowest BCUT2D eigenvalue weighted by atomic mass is 10.1. The van der Waals surface area contributed by atoms with E-state index in [4.69, 9.17) is 11.6 Å². The number of halogens is 4. The molecule has 1 aliphatic carbocycles. The SMILES string of the molecule is FC(F)(F)c1cc(-c2ccc(Cl)cc2)cn1C1CC1. The molecule has 0 unspecified atom stereocenters. The standard InChI is InChI=1S/C14H11ClF3N/c15-11-3-1-9(2-4-11)10-7-13(14(16,17)18)19(8-10)12-5-6-12/h1-4,7-8,12H,5-6H2. The molecule has 19 heavy (non-hydrogen) atoms. The smallest absolute Gasteiger partial charge is 0.340 e. The minimum absolute atomic E-state index is 0.00215. The summed E-state index contributed by atoms with van der Waals surface area (Å²) in [6, 6.07) is 8.03. The van der Waals surface area contributed by atoms with E-state index in [2.05, 4.69) is 0 Å². The largest absolute Gasteiger partial charge is 0.431 e. The van der Waals surface area contributed by atoms with E-state index in [9.17, 15) is 13.2 Å². The summed E-state index contributed by atoms with van der Waals surface area (Å²) in [4.78, 5) is 0. The first-order chi connectivity index (χ1) is 8.95. The van der Waals surface area contributed by atoms with Gasteiger partial charge in [0.2, 0.25) is 0 Å². The van der Waals surface area contributed by atoms with Crippen LogP contribution in [0.4, 0.5) is 13.2 Å². The number of rotatable bonds is 2. The van der Waals surface area contributed by atoms with Crippen LogP contribution in [0.5, 0.6) is 0 Å². The molecule has 1 fully saturated rings. The fourth-order valence-corrected chi connectivity index (χ4v) is 2.29. The third-order valence-corrected chi connectivity index (χ3v) is 3.51. The average Bonchev–Trinajstić information content (AvgIpc) is 3.08. The van der Waals surface area contributed by atoms with E-state index in [1.54, 1.807) is 30.5 Å². The third kappa shape index (κ3) is 2.50. The van der Waals surface area contributed by atoms with Gasteiger partial charge in [-0.15, -0.1) is 0 Å². The molecule has 0 aliphatic heterocycles. The number of benzene rings is 1. The molecule has 1 aromatic carbocycles. The van der Waals surface area contributed by atoms with Gasteiger partial charge in [-0.1, -0.05) is 23.7 Å². The van der Waals surface area contributed by atoms with Gasteiger partial charge in [0.1, 0.15) is 5.69 Å². The molecule has 1 saturated carbocycles. The molecule has 0 N–H and O–H groups in total. The van der Waals surface area contributed by atoms with Crippen molar-refractivity contribution in [1.82, 2.24) is 4.57 Å². The summed E-state index contributed by atoms with van der Waals surface area (Å²) in [5.41, 5.74) is 0.755. The first-order valence-corrected chi connectivity index (χ1v) is 6.38. The molecule has 0 radical (unpaired) electrons. The molecule has 1 heterocycles. The number of hydrogen-bond donors (Lipinski definition) is 0. The van der Waals surface area contributed by atoms with E-state index in [1.165, 1.54) is 10.6 Å². The van der Waals surface area contributed by atoms with E-state index in [0.717, 1.165) is 18.4 Å². The second-order valence-corrected chi connectivity index (χ2v) is 5.19. The van der Waals surface area contributed by atoms with Crippen LogP contribution in [0.1, 0.15) is 24.6 Å². The Hall–Kier alpha value is -1.42. The van der Waals surface area contributed by atoms with Crippen LogP contribution in [-0.2, 0) is 6.18 Å². The third-order valence-electron chi connectivity index (χ3n) is 3.26. The van der Waals surface area contributed by atoms with Crippen LogP contribution in [0.15, 0.2) is 36.5 Å². The molecule has 0 amide bonds. The highest BCUT2D eigenvalue weighted by Crippen LogP contribution is 2.43. The second-order valence-electron chi connectivity index (χ2n) is 4.76. The minimum Gasteiger partial charge on any atom is -0.340 e. The van der Waals surface area contributed by atoms with Gasteiger partial charge in [-0.25, -0.2) is 0 Å². The molecule has 0 atom stereocenters. The van der Waals surface area contributed by atoms with E-state index in [0.29, 0.717) is 10.6 Å². The summed E-state index contributed by atoms with van der Waals surface area (Å²) in [5.74, 6) is 0. The molecule has 2 aromatic rings. The van der Waals surface area contributed by atoms with E-state index < -0.39 is 11.9 Å². The van der Waals surface area contributed by atoms with Crippen molar-refractivity contribution in [1.29, 1.82) is 0 Å². The zero-order chi connectivity index (χ0) is 13.6. The first kappa shape index (κ1) is 12.6. The number of hydrogen-bond acceptors (Lipinski definition) is 0. The van der Waals surface area contributed by atoms with Gasteiger partial charge in [-0.3, -0.25) is 0 Å². The van der Waals surface area contributed by atoms with Gasteiger partial charge in [0.05, 0.1) is 0 Å². The van der Waals surface area contributed by atoms with Gasteiger partial charge in [0.25, 0.3) is 0 Å². The van der Waals surface area contributed by atoms with Crippen molar-refractivity contribution in [3.8, 4) is 11.1 Å². The highest BCUT2D eigenvalue weighted by molar-refractivity contribution is 6.30.